The molecule has 2 heterocycles. The summed E-state index contributed by atoms with van der Waals surface area (Å²) in [6.45, 7) is 2.39. The minimum Gasteiger partial charge on any atom is -0.352 e. The van der Waals surface area contributed by atoms with Crippen molar-refractivity contribution in [1.29, 1.82) is 0 Å². The van der Waals surface area contributed by atoms with Gasteiger partial charge < -0.3 is 5.32 Å². The van der Waals surface area contributed by atoms with Crippen molar-refractivity contribution in [2.75, 3.05) is 6.54 Å². The Morgan fingerprint density at radius 2 is 2.41 bits per heavy atom. The van der Waals surface area contributed by atoms with Crippen LogP contribution in [0.2, 0.25) is 0 Å². The molecule has 0 aliphatic heterocycles. The highest BCUT2D eigenvalue weighted by atomic mass is 16.1. The first-order valence-electron chi connectivity index (χ1n) is 5.43. The summed E-state index contributed by atoms with van der Waals surface area (Å²) in [5.41, 5.74) is 2.34. The van der Waals surface area contributed by atoms with E-state index in [0.717, 1.165) is 17.8 Å². The number of amides is 1. The SMILES string of the molecule is Cc1[nH]ncc1C(=O)NCCc1ccn(C)n1. The molecule has 0 fully saturated rings. The molecular formula is C11H15N5O. The van der Waals surface area contributed by atoms with Gasteiger partial charge in [-0.3, -0.25) is 14.6 Å². The molecule has 0 bridgehead atoms. The van der Waals surface area contributed by atoms with E-state index in [0.29, 0.717) is 12.1 Å². The highest BCUT2D eigenvalue weighted by Gasteiger charge is 2.09. The molecule has 6 heteroatoms. The number of rotatable bonds is 4. The van der Waals surface area contributed by atoms with Gasteiger partial charge in [0.15, 0.2) is 0 Å². The second-order valence-corrected chi connectivity index (χ2v) is 3.90. The highest BCUT2D eigenvalue weighted by molar-refractivity contribution is 5.94. The first-order valence-corrected chi connectivity index (χ1v) is 5.43. The van der Waals surface area contributed by atoms with Crippen LogP contribution in [0, 0.1) is 6.92 Å². The molecule has 0 aromatic carbocycles. The molecule has 2 aromatic heterocycles. The molecule has 0 saturated carbocycles. The van der Waals surface area contributed by atoms with Crippen molar-refractivity contribution in [3.05, 3.63) is 35.4 Å². The molecule has 0 radical (unpaired) electrons. The van der Waals surface area contributed by atoms with Crippen LogP contribution >= 0.6 is 0 Å². The van der Waals surface area contributed by atoms with Crippen LogP contribution in [0.5, 0.6) is 0 Å². The van der Waals surface area contributed by atoms with E-state index in [1.165, 1.54) is 6.20 Å². The van der Waals surface area contributed by atoms with Gasteiger partial charge in [0.25, 0.3) is 5.91 Å². The van der Waals surface area contributed by atoms with Crippen LogP contribution in [0.15, 0.2) is 18.5 Å². The number of aryl methyl sites for hydroxylation is 2. The van der Waals surface area contributed by atoms with Crippen molar-refractivity contribution < 1.29 is 4.79 Å². The molecule has 2 aromatic rings. The number of hydrogen-bond acceptors (Lipinski definition) is 3. The molecule has 0 spiro atoms. The molecule has 0 aliphatic rings. The third-order valence-corrected chi connectivity index (χ3v) is 2.51. The Balaban J connectivity index is 1.83. The predicted molar refractivity (Wildman–Crippen MR) is 62.6 cm³/mol. The zero-order valence-corrected chi connectivity index (χ0v) is 9.90. The number of nitrogens with one attached hydrogen (secondary N) is 2. The lowest BCUT2D eigenvalue weighted by Crippen LogP contribution is -2.26. The van der Waals surface area contributed by atoms with Gasteiger partial charge in [-0.25, -0.2) is 0 Å². The molecular weight excluding hydrogens is 218 g/mol. The average Bonchev–Trinajstić information content (AvgIpc) is 2.87. The minimum atomic E-state index is -0.104. The van der Waals surface area contributed by atoms with E-state index in [-0.39, 0.29) is 5.91 Å². The van der Waals surface area contributed by atoms with Gasteiger partial charge in [0.1, 0.15) is 0 Å². The standard InChI is InChI=1S/C11H15N5O/c1-8-10(7-13-14-8)11(17)12-5-3-9-4-6-16(2)15-9/h4,6-7H,3,5H2,1-2H3,(H,12,17)(H,13,14). The molecule has 2 N–H and O–H groups in total. The van der Waals surface area contributed by atoms with E-state index < -0.39 is 0 Å². The topological polar surface area (TPSA) is 75.6 Å². The third-order valence-electron chi connectivity index (χ3n) is 2.51. The van der Waals surface area contributed by atoms with Gasteiger partial charge in [-0.05, 0) is 13.0 Å². The van der Waals surface area contributed by atoms with Gasteiger partial charge in [-0.1, -0.05) is 0 Å². The van der Waals surface area contributed by atoms with Crippen LogP contribution in [-0.4, -0.2) is 32.4 Å². The Bertz CT molecular complexity index is 513. The lowest BCUT2D eigenvalue weighted by molar-refractivity contribution is 0.0953. The van der Waals surface area contributed by atoms with Gasteiger partial charge in [-0.15, -0.1) is 0 Å². The lowest BCUT2D eigenvalue weighted by atomic mass is 10.2. The largest absolute Gasteiger partial charge is 0.352 e. The van der Waals surface area contributed by atoms with Crippen molar-refractivity contribution in [3.63, 3.8) is 0 Å². The molecule has 90 valence electrons. The number of carbonyl (C=O) groups excluding carboxylic acids is 1. The average molecular weight is 233 g/mol. The Labute approximate surface area is 99.0 Å². The van der Waals surface area contributed by atoms with E-state index in [2.05, 4.69) is 20.6 Å². The summed E-state index contributed by atoms with van der Waals surface area (Å²) < 4.78 is 1.75. The first-order chi connectivity index (χ1) is 8.16. The molecule has 0 unspecified atom stereocenters. The van der Waals surface area contributed by atoms with Crippen LogP contribution in [0.1, 0.15) is 21.7 Å². The Hall–Kier alpha value is -2.11. The van der Waals surface area contributed by atoms with Crippen molar-refractivity contribution in [2.45, 2.75) is 13.3 Å². The number of aromatic amines is 1. The minimum absolute atomic E-state index is 0.104. The summed E-state index contributed by atoms with van der Waals surface area (Å²) in [5, 5.41) is 13.6. The maximum Gasteiger partial charge on any atom is 0.254 e. The Kier molecular flexibility index (Phi) is 3.22. The molecule has 17 heavy (non-hydrogen) atoms. The summed E-state index contributed by atoms with van der Waals surface area (Å²) in [7, 11) is 1.87. The number of hydrogen-bond donors (Lipinski definition) is 2. The molecule has 2 rings (SSSR count). The maximum absolute atomic E-state index is 11.7. The van der Waals surface area contributed by atoms with Crippen LogP contribution in [0.25, 0.3) is 0 Å². The molecule has 0 aliphatic carbocycles. The number of carbonyl (C=O) groups is 1. The Morgan fingerprint density at radius 1 is 1.59 bits per heavy atom. The summed E-state index contributed by atoms with van der Waals surface area (Å²) in [5.74, 6) is -0.104. The van der Waals surface area contributed by atoms with E-state index in [9.17, 15) is 4.79 Å². The van der Waals surface area contributed by atoms with Crippen molar-refractivity contribution in [1.82, 2.24) is 25.3 Å². The molecule has 6 nitrogen and oxygen atoms in total. The van der Waals surface area contributed by atoms with E-state index >= 15 is 0 Å². The van der Waals surface area contributed by atoms with Gasteiger partial charge in [0.05, 0.1) is 17.5 Å². The van der Waals surface area contributed by atoms with E-state index in [4.69, 9.17) is 0 Å². The zero-order valence-electron chi connectivity index (χ0n) is 9.90. The summed E-state index contributed by atoms with van der Waals surface area (Å²) >= 11 is 0. The predicted octanol–water partition coefficient (Wildman–Crippen LogP) is 0.424. The molecule has 0 saturated heterocycles. The fourth-order valence-corrected chi connectivity index (χ4v) is 1.58. The van der Waals surface area contributed by atoms with Crippen LogP contribution < -0.4 is 5.32 Å². The fraction of sp³-hybridized carbons (Fsp3) is 0.364. The number of H-pyrrole nitrogens is 1. The highest BCUT2D eigenvalue weighted by Crippen LogP contribution is 2.02. The smallest absolute Gasteiger partial charge is 0.254 e. The zero-order chi connectivity index (χ0) is 12.3. The monoisotopic (exact) mass is 233 g/mol. The normalized spacial score (nSPS) is 10.5. The summed E-state index contributed by atoms with van der Waals surface area (Å²) in [4.78, 5) is 11.7. The molecule has 0 atom stereocenters. The van der Waals surface area contributed by atoms with E-state index in [1.807, 2.05) is 26.2 Å². The molecule has 1 amide bonds. The second-order valence-electron chi connectivity index (χ2n) is 3.90. The summed E-state index contributed by atoms with van der Waals surface area (Å²) in [6, 6.07) is 1.94. The van der Waals surface area contributed by atoms with Gasteiger partial charge >= 0.3 is 0 Å². The van der Waals surface area contributed by atoms with Gasteiger partial charge in [0, 0.05) is 31.9 Å². The van der Waals surface area contributed by atoms with Gasteiger partial charge in [-0.2, -0.15) is 10.2 Å². The van der Waals surface area contributed by atoms with E-state index in [1.54, 1.807) is 4.68 Å². The Morgan fingerprint density at radius 3 is 3.00 bits per heavy atom. The summed E-state index contributed by atoms with van der Waals surface area (Å²) in [6.07, 6.45) is 4.15. The number of aromatic nitrogens is 4. The quantitative estimate of drug-likeness (QED) is 0.803. The van der Waals surface area contributed by atoms with Crippen molar-refractivity contribution in [2.24, 2.45) is 7.05 Å². The van der Waals surface area contributed by atoms with Crippen LogP contribution in [0.4, 0.5) is 0 Å². The third kappa shape index (κ3) is 2.72. The van der Waals surface area contributed by atoms with Crippen LogP contribution in [-0.2, 0) is 13.5 Å². The second kappa shape index (κ2) is 4.82. The first kappa shape index (κ1) is 11.4. The lowest BCUT2D eigenvalue weighted by Gasteiger charge is -2.02. The van der Waals surface area contributed by atoms with Gasteiger partial charge in [0.2, 0.25) is 0 Å². The van der Waals surface area contributed by atoms with Crippen molar-refractivity contribution >= 4 is 5.91 Å². The maximum atomic E-state index is 11.7. The van der Waals surface area contributed by atoms with Crippen LogP contribution in [0.3, 0.4) is 0 Å². The number of nitrogens with zero attached hydrogens (tertiary/aromatic N) is 3. The fourth-order valence-electron chi connectivity index (χ4n) is 1.58. The van der Waals surface area contributed by atoms with Crippen molar-refractivity contribution in [3.8, 4) is 0 Å².